The molecular weight excluding hydrogens is 304 g/mol. The van der Waals surface area contributed by atoms with Crippen molar-refractivity contribution in [2.24, 2.45) is 0 Å². The molecule has 7 heteroatoms. The fourth-order valence-corrected chi connectivity index (χ4v) is 3.99. The average Bonchev–Trinajstić information content (AvgIpc) is 3.09. The van der Waals surface area contributed by atoms with Crippen LogP contribution < -0.4 is 11.1 Å². The fourth-order valence-electron chi connectivity index (χ4n) is 2.12. The van der Waals surface area contributed by atoms with Crippen molar-refractivity contribution >= 4 is 44.5 Å². The molecule has 0 aliphatic carbocycles. The highest BCUT2D eigenvalue weighted by Gasteiger charge is 2.17. The normalized spacial score (nSPS) is 10.9. The van der Waals surface area contributed by atoms with E-state index in [0.29, 0.717) is 21.9 Å². The Morgan fingerprint density at radius 2 is 2.29 bits per heavy atom. The third kappa shape index (κ3) is 2.62. The molecule has 3 heterocycles. The number of aromatic nitrogens is 2. The molecule has 3 N–H and O–H groups in total. The Bertz CT molecular complexity index is 793. The summed E-state index contributed by atoms with van der Waals surface area (Å²) in [6, 6.07) is 3.87. The molecule has 0 aliphatic rings. The van der Waals surface area contributed by atoms with Crippen LogP contribution in [0.4, 0.5) is 5.69 Å². The third-order valence-corrected chi connectivity index (χ3v) is 5.32. The highest BCUT2D eigenvalue weighted by atomic mass is 32.1. The van der Waals surface area contributed by atoms with Crippen molar-refractivity contribution in [2.75, 3.05) is 5.73 Å². The van der Waals surface area contributed by atoms with Crippen molar-refractivity contribution in [3.63, 3.8) is 0 Å². The van der Waals surface area contributed by atoms with Gasteiger partial charge in [-0.2, -0.15) is 5.10 Å². The highest BCUT2D eigenvalue weighted by Crippen LogP contribution is 2.31. The van der Waals surface area contributed by atoms with Gasteiger partial charge < -0.3 is 11.1 Å². The Morgan fingerprint density at radius 1 is 1.43 bits per heavy atom. The number of nitrogens with two attached hydrogens (primary N) is 1. The minimum atomic E-state index is -0.161. The molecule has 0 saturated heterocycles. The van der Waals surface area contributed by atoms with E-state index in [1.165, 1.54) is 21.8 Å². The Hall–Kier alpha value is -1.99. The summed E-state index contributed by atoms with van der Waals surface area (Å²) in [4.78, 5) is 14.7. The number of amides is 1. The first kappa shape index (κ1) is 14.0. The van der Waals surface area contributed by atoms with Crippen LogP contribution in [0, 0.1) is 0 Å². The van der Waals surface area contributed by atoms with Gasteiger partial charge >= 0.3 is 0 Å². The summed E-state index contributed by atoms with van der Waals surface area (Å²) in [6.45, 7) is 2.63. The van der Waals surface area contributed by atoms with Gasteiger partial charge in [-0.3, -0.25) is 4.79 Å². The van der Waals surface area contributed by atoms with Gasteiger partial charge in [-0.05, 0) is 29.5 Å². The van der Waals surface area contributed by atoms with Gasteiger partial charge in [0.15, 0.2) is 0 Å². The third-order valence-electron chi connectivity index (χ3n) is 3.25. The van der Waals surface area contributed by atoms with Crippen LogP contribution in [0.2, 0.25) is 0 Å². The maximum Gasteiger partial charge on any atom is 0.263 e. The molecule has 0 fully saturated rings. The minimum Gasteiger partial charge on any atom is -0.397 e. The van der Waals surface area contributed by atoms with Crippen LogP contribution in [0.15, 0.2) is 23.7 Å². The highest BCUT2D eigenvalue weighted by molar-refractivity contribution is 7.21. The van der Waals surface area contributed by atoms with Gasteiger partial charge in [0, 0.05) is 10.3 Å². The lowest BCUT2D eigenvalue weighted by molar-refractivity contribution is 0.0956. The van der Waals surface area contributed by atoms with E-state index in [4.69, 9.17) is 5.73 Å². The molecule has 5 nitrogen and oxygen atoms in total. The number of hydrogen-bond donors (Lipinski definition) is 2. The molecule has 3 rings (SSSR count). The number of carbonyl (C=O) groups excluding carboxylic acids is 1. The van der Waals surface area contributed by atoms with Crippen LogP contribution in [0.25, 0.3) is 10.2 Å². The molecule has 0 unspecified atom stereocenters. The standard InChI is InChI=1S/C14H14N4OS2/c1-2-8-4-6-20-10(8)7-16-13(19)12-11(15)9-3-5-17-18-14(9)21-12/h3-6H,2,7,15H2,1H3,(H,16,19). The number of anilines is 1. The quantitative estimate of drug-likeness (QED) is 0.775. The number of thiophene rings is 2. The van der Waals surface area contributed by atoms with Gasteiger partial charge in [-0.1, -0.05) is 6.92 Å². The number of carbonyl (C=O) groups is 1. The smallest absolute Gasteiger partial charge is 0.263 e. The Kier molecular flexibility index (Phi) is 3.85. The van der Waals surface area contributed by atoms with Crippen molar-refractivity contribution < 1.29 is 4.79 Å². The summed E-state index contributed by atoms with van der Waals surface area (Å²) in [5.74, 6) is -0.161. The number of rotatable bonds is 4. The van der Waals surface area contributed by atoms with Crippen LogP contribution in [0.5, 0.6) is 0 Å². The van der Waals surface area contributed by atoms with Crippen molar-refractivity contribution in [1.29, 1.82) is 0 Å². The van der Waals surface area contributed by atoms with Crippen LogP contribution in [0.3, 0.4) is 0 Å². The molecule has 0 bridgehead atoms. The van der Waals surface area contributed by atoms with Crippen LogP contribution in [-0.4, -0.2) is 16.1 Å². The lowest BCUT2D eigenvalue weighted by Gasteiger charge is -2.04. The summed E-state index contributed by atoms with van der Waals surface area (Å²) >= 11 is 2.93. The molecule has 0 aliphatic heterocycles. The fraction of sp³-hybridized carbons (Fsp3) is 0.214. The second-order valence-electron chi connectivity index (χ2n) is 4.50. The number of aryl methyl sites for hydroxylation is 1. The number of fused-ring (bicyclic) bond motifs is 1. The molecule has 0 aromatic carbocycles. The van der Waals surface area contributed by atoms with Gasteiger partial charge in [0.05, 0.1) is 18.4 Å². The van der Waals surface area contributed by atoms with E-state index in [2.05, 4.69) is 28.5 Å². The number of nitrogens with zero attached hydrogens (tertiary/aromatic N) is 2. The SMILES string of the molecule is CCc1ccsc1CNC(=O)c1sc2nnccc2c1N. The molecule has 1 amide bonds. The van der Waals surface area contributed by atoms with E-state index in [-0.39, 0.29) is 5.91 Å². The summed E-state index contributed by atoms with van der Waals surface area (Å²) < 4.78 is 0. The molecule has 108 valence electrons. The predicted molar refractivity (Wildman–Crippen MR) is 86.7 cm³/mol. The first-order chi connectivity index (χ1) is 10.2. The number of nitrogens with one attached hydrogen (secondary N) is 1. The Labute approximate surface area is 129 Å². The summed E-state index contributed by atoms with van der Waals surface area (Å²) in [5.41, 5.74) is 7.78. The van der Waals surface area contributed by atoms with E-state index in [9.17, 15) is 4.79 Å². The Morgan fingerprint density at radius 3 is 3.05 bits per heavy atom. The predicted octanol–water partition coefficient (Wildman–Crippen LogP) is 2.83. The summed E-state index contributed by atoms with van der Waals surface area (Å²) in [7, 11) is 0. The van der Waals surface area contributed by atoms with E-state index >= 15 is 0 Å². The molecular formula is C14H14N4OS2. The second kappa shape index (κ2) is 5.79. The van der Waals surface area contributed by atoms with Crippen molar-refractivity contribution in [3.8, 4) is 0 Å². The van der Waals surface area contributed by atoms with Gasteiger partial charge in [0.25, 0.3) is 5.91 Å². The second-order valence-corrected chi connectivity index (χ2v) is 6.50. The van der Waals surface area contributed by atoms with Crippen LogP contribution >= 0.6 is 22.7 Å². The van der Waals surface area contributed by atoms with E-state index in [0.717, 1.165) is 11.8 Å². The lowest BCUT2D eigenvalue weighted by Crippen LogP contribution is -2.22. The maximum atomic E-state index is 12.3. The molecule has 0 spiro atoms. The lowest BCUT2D eigenvalue weighted by atomic mass is 10.2. The van der Waals surface area contributed by atoms with Crippen LogP contribution in [-0.2, 0) is 13.0 Å². The zero-order valence-electron chi connectivity index (χ0n) is 11.4. The molecule has 21 heavy (non-hydrogen) atoms. The zero-order valence-corrected chi connectivity index (χ0v) is 13.1. The van der Waals surface area contributed by atoms with Gasteiger partial charge in [-0.15, -0.1) is 27.8 Å². The zero-order chi connectivity index (χ0) is 14.8. The van der Waals surface area contributed by atoms with Crippen molar-refractivity contribution in [2.45, 2.75) is 19.9 Å². The monoisotopic (exact) mass is 318 g/mol. The maximum absolute atomic E-state index is 12.3. The van der Waals surface area contributed by atoms with E-state index in [1.807, 2.05) is 5.38 Å². The van der Waals surface area contributed by atoms with Gasteiger partial charge in [0.2, 0.25) is 0 Å². The first-order valence-electron chi connectivity index (χ1n) is 6.53. The van der Waals surface area contributed by atoms with Crippen molar-refractivity contribution in [3.05, 3.63) is 39.0 Å². The van der Waals surface area contributed by atoms with Gasteiger partial charge in [-0.25, -0.2) is 0 Å². The summed E-state index contributed by atoms with van der Waals surface area (Å²) in [6.07, 6.45) is 2.54. The largest absolute Gasteiger partial charge is 0.397 e. The van der Waals surface area contributed by atoms with Gasteiger partial charge in [0.1, 0.15) is 9.71 Å². The first-order valence-corrected chi connectivity index (χ1v) is 8.23. The molecule has 3 aromatic heterocycles. The van der Waals surface area contributed by atoms with Crippen molar-refractivity contribution in [1.82, 2.24) is 15.5 Å². The minimum absolute atomic E-state index is 0.161. The topological polar surface area (TPSA) is 80.9 Å². The number of nitrogen functional groups attached to an aromatic ring is 1. The summed E-state index contributed by atoms with van der Waals surface area (Å²) in [5, 5.41) is 13.6. The Balaban J connectivity index is 1.80. The molecule has 0 atom stereocenters. The van der Waals surface area contributed by atoms with E-state index in [1.54, 1.807) is 23.6 Å². The number of hydrogen-bond acceptors (Lipinski definition) is 6. The molecule has 0 radical (unpaired) electrons. The van der Waals surface area contributed by atoms with E-state index < -0.39 is 0 Å². The molecule has 0 saturated carbocycles. The molecule has 3 aromatic rings. The average molecular weight is 318 g/mol. The van der Waals surface area contributed by atoms with Crippen LogP contribution in [0.1, 0.15) is 27.0 Å².